The van der Waals surface area contributed by atoms with Crippen molar-refractivity contribution in [2.24, 2.45) is 11.8 Å². The van der Waals surface area contributed by atoms with Gasteiger partial charge in [-0.25, -0.2) is 0 Å². The number of fused-ring (bicyclic) bond motifs is 1. The first-order valence-corrected chi connectivity index (χ1v) is 16.0. The van der Waals surface area contributed by atoms with Gasteiger partial charge in [-0.15, -0.1) is 13.2 Å². The van der Waals surface area contributed by atoms with Crippen LogP contribution in [0.5, 0.6) is 0 Å². The first-order chi connectivity index (χ1) is 22.3. The molecule has 3 aliphatic heterocycles. The zero-order valence-corrected chi connectivity index (χ0v) is 26.1. The normalized spacial score (nSPS) is 25.1. The molecule has 0 unspecified atom stereocenters. The molecule has 5 rings (SSSR count). The molecule has 2 aromatic rings. The third kappa shape index (κ3) is 6.64. The van der Waals surface area contributed by atoms with Gasteiger partial charge in [0.2, 0.25) is 17.7 Å². The molecular weight excluding hydrogens is 586 g/mol. The van der Waals surface area contributed by atoms with Crippen molar-refractivity contribution in [2.45, 2.75) is 62.4 Å². The first-order valence-electron chi connectivity index (χ1n) is 16.0. The quantitative estimate of drug-likeness (QED) is 0.216. The molecule has 0 saturated carbocycles. The monoisotopic (exact) mass is 629 g/mol. The number of benzene rings is 2. The van der Waals surface area contributed by atoms with Gasteiger partial charge in [-0.2, -0.15) is 0 Å². The van der Waals surface area contributed by atoms with Crippen LogP contribution in [0.1, 0.15) is 49.3 Å². The average molecular weight is 630 g/mol. The first kappa shape index (κ1) is 33.1. The number of likely N-dealkylation sites (tertiary alicyclic amines) is 1. The summed E-state index contributed by atoms with van der Waals surface area (Å²) in [4.78, 5) is 58.3. The van der Waals surface area contributed by atoms with E-state index in [9.17, 15) is 24.3 Å². The second-order valence-electron chi connectivity index (χ2n) is 12.1. The van der Waals surface area contributed by atoms with Gasteiger partial charge in [0.05, 0.1) is 24.0 Å². The molecule has 1 spiro atoms. The number of carbonyl (C=O) groups is 4. The number of esters is 1. The Kier molecular flexibility index (Phi) is 10.7. The lowest BCUT2D eigenvalue weighted by Gasteiger charge is -2.37. The molecule has 10 heteroatoms. The minimum atomic E-state index is -1.17. The van der Waals surface area contributed by atoms with Gasteiger partial charge < -0.3 is 29.7 Å². The average Bonchev–Trinajstić information content (AvgIpc) is 3.72. The third-order valence-electron chi connectivity index (χ3n) is 9.25. The number of aliphatic hydroxyl groups is 1. The van der Waals surface area contributed by atoms with E-state index in [1.54, 1.807) is 17.1 Å². The predicted octanol–water partition coefficient (Wildman–Crippen LogP) is 3.33. The highest BCUT2D eigenvalue weighted by atomic mass is 16.5. The Bertz CT molecular complexity index is 1420. The molecule has 3 heterocycles. The van der Waals surface area contributed by atoms with Crippen LogP contribution < -0.4 is 5.32 Å². The number of nitrogens with zero attached hydrogens (tertiary/aromatic N) is 2. The Labute approximate surface area is 270 Å². The van der Waals surface area contributed by atoms with Crippen LogP contribution in [0.25, 0.3) is 0 Å². The molecule has 2 aromatic carbocycles. The molecular formula is C36H43N3O7. The SMILES string of the molecule is C=CCCC(=O)OC[C@H](NC(=O)[C@@H]1[C@H]2C(=O)N(CCCO)[C@H](C(=O)N(CC=C)Cc3ccccc3)[C@]23CC[C@H]1O3)c1ccccc1. The maximum absolute atomic E-state index is 14.4. The van der Waals surface area contributed by atoms with E-state index in [-0.39, 0.29) is 56.9 Å². The van der Waals surface area contributed by atoms with Crippen molar-refractivity contribution in [1.29, 1.82) is 0 Å². The van der Waals surface area contributed by atoms with E-state index in [1.165, 1.54) is 4.90 Å². The summed E-state index contributed by atoms with van der Waals surface area (Å²) >= 11 is 0. The molecule has 2 bridgehead atoms. The van der Waals surface area contributed by atoms with E-state index in [1.807, 2.05) is 60.7 Å². The maximum Gasteiger partial charge on any atom is 0.306 e. The molecule has 2 N–H and O–H groups in total. The molecule has 3 aliphatic rings. The van der Waals surface area contributed by atoms with E-state index < -0.39 is 41.6 Å². The second kappa shape index (κ2) is 14.9. The summed E-state index contributed by atoms with van der Waals surface area (Å²) in [6.45, 7) is 8.01. The lowest BCUT2D eigenvalue weighted by Crippen LogP contribution is -2.56. The number of amides is 3. The summed E-state index contributed by atoms with van der Waals surface area (Å²) in [7, 11) is 0. The van der Waals surface area contributed by atoms with Gasteiger partial charge in [0, 0.05) is 32.7 Å². The van der Waals surface area contributed by atoms with Crippen LogP contribution in [-0.4, -0.2) is 82.6 Å². The molecule has 46 heavy (non-hydrogen) atoms. The Morgan fingerprint density at radius 2 is 1.83 bits per heavy atom. The van der Waals surface area contributed by atoms with Crippen LogP contribution in [0, 0.1) is 11.8 Å². The zero-order chi connectivity index (χ0) is 32.7. The largest absolute Gasteiger partial charge is 0.463 e. The number of carbonyl (C=O) groups excluding carboxylic acids is 4. The summed E-state index contributed by atoms with van der Waals surface area (Å²) in [5.41, 5.74) is 0.512. The van der Waals surface area contributed by atoms with Crippen molar-refractivity contribution in [3.8, 4) is 0 Å². The summed E-state index contributed by atoms with van der Waals surface area (Å²) < 4.78 is 12.1. The molecule has 10 nitrogen and oxygen atoms in total. The number of rotatable bonds is 16. The van der Waals surface area contributed by atoms with Crippen LogP contribution in [0.3, 0.4) is 0 Å². The standard InChI is InChI=1S/C36H43N3O7/c1-3-5-17-29(41)45-24-27(26-15-10-7-11-16-26)37-33(42)30-28-18-19-36(46-28)31(30)34(43)39(21-12-22-40)32(36)35(44)38(20-4-2)23-25-13-8-6-9-14-25/h3-4,6-11,13-16,27-28,30-32,40H,1-2,5,12,17-24H2,(H,37,42)/t27-,28+,30-,31-,32+,36-/m0/s1. The fourth-order valence-corrected chi connectivity index (χ4v) is 7.22. The molecule has 244 valence electrons. The Hall–Kier alpha value is -4.28. The topological polar surface area (TPSA) is 125 Å². The van der Waals surface area contributed by atoms with Crippen LogP contribution in [0.15, 0.2) is 86.0 Å². The molecule has 3 amide bonds. The van der Waals surface area contributed by atoms with Crippen molar-refractivity contribution in [3.05, 3.63) is 97.1 Å². The Balaban J connectivity index is 1.42. The van der Waals surface area contributed by atoms with E-state index in [0.717, 1.165) is 11.1 Å². The molecule has 0 radical (unpaired) electrons. The smallest absolute Gasteiger partial charge is 0.306 e. The number of hydrogen-bond acceptors (Lipinski definition) is 7. The molecule has 3 fully saturated rings. The number of allylic oxidation sites excluding steroid dienone is 1. The van der Waals surface area contributed by atoms with Crippen LogP contribution in [0.4, 0.5) is 0 Å². The highest BCUT2D eigenvalue weighted by Gasteiger charge is 2.74. The van der Waals surface area contributed by atoms with Gasteiger partial charge in [-0.05, 0) is 36.8 Å². The molecule has 0 aliphatic carbocycles. The number of hydrogen-bond donors (Lipinski definition) is 2. The van der Waals surface area contributed by atoms with Gasteiger partial charge in [0.1, 0.15) is 18.2 Å². The number of aliphatic hydroxyl groups excluding tert-OH is 1. The van der Waals surface area contributed by atoms with Gasteiger partial charge in [-0.3, -0.25) is 19.2 Å². The fraction of sp³-hybridized carbons (Fsp3) is 0.444. The predicted molar refractivity (Wildman–Crippen MR) is 171 cm³/mol. The minimum Gasteiger partial charge on any atom is -0.463 e. The van der Waals surface area contributed by atoms with Crippen molar-refractivity contribution < 1.29 is 33.8 Å². The van der Waals surface area contributed by atoms with Gasteiger partial charge in [0.25, 0.3) is 0 Å². The van der Waals surface area contributed by atoms with E-state index >= 15 is 0 Å². The van der Waals surface area contributed by atoms with Crippen molar-refractivity contribution in [2.75, 3.05) is 26.3 Å². The lowest BCUT2D eigenvalue weighted by atomic mass is 9.70. The maximum atomic E-state index is 14.4. The Morgan fingerprint density at radius 3 is 2.50 bits per heavy atom. The number of ether oxygens (including phenoxy) is 2. The van der Waals surface area contributed by atoms with E-state index in [2.05, 4.69) is 18.5 Å². The summed E-state index contributed by atoms with van der Waals surface area (Å²) in [5.74, 6) is -3.08. The van der Waals surface area contributed by atoms with Crippen LogP contribution >= 0.6 is 0 Å². The summed E-state index contributed by atoms with van der Waals surface area (Å²) in [6.07, 6.45) is 4.68. The van der Waals surface area contributed by atoms with Gasteiger partial charge in [-0.1, -0.05) is 72.8 Å². The molecule has 0 aromatic heterocycles. The van der Waals surface area contributed by atoms with Crippen LogP contribution in [-0.2, 0) is 35.2 Å². The van der Waals surface area contributed by atoms with Gasteiger partial charge >= 0.3 is 5.97 Å². The highest BCUT2D eigenvalue weighted by molar-refractivity contribution is 5.99. The summed E-state index contributed by atoms with van der Waals surface area (Å²) in [5, 5.41) is 12.7. The molecule has 6 atom stereocenters. The van der Waals surface area contributed by atoms with E-state index in [0.29, 0.717) is 25.8 Å². The van der Waals surface area contributed by atoms with Crippen molar-refractivity contribution >= 4 is 23.7 Å². The van der Waals surface area contributed by atoms with E-state index in [4.69, 9.17) is 9.47 Å². The molecule has 3 saturated heterocycles. The van der Waals surface area contributed by atoms with Gasteiger partial charge in [0.15, 0.2) is 0 Å². The Morgan fingerprint density at radius 1 is 1.11 bits per heavy atom. The fourth-order valence-electron chi connectivity index (χ4n) is 7.22. The summed E-state index contributed by atoms with van der Waals surface area (Å²) in [6, 6.07) is 17.2. The third-order valence-corrected chi connectivity index (χ3v) is 9.25. The van der Waals surface area contributed by atoms with Crippen molar-refractivity contribution in [3.63, 3.8) is 0 Å². The minimum absolute atomic E-state index is 0.0759. The van der Waals surface area contributed by atoms with Crippen LogP contribution in [0.2, 0.25) is 0 Å². The van der Waals surface area contributed by atoms with Crippen molar-refractivity contribution in [1.82, 2.24) is 15.1 Å². The lowest BCUT2D eigenvalue weighted by molar-refractivity contribution is -0.148. The number of nitrogens with one attached hydrogen (secondary N) is 1. The zero-order valence-electron chi connectivity index (χ0n) is 26.1. The highest BCUT2D eigenvalue weighted by Crippen LogP contribution is 2.58. The second-order valence-corrected chi connectivity index (χ2v) is 12.1.